The van der Waals surface area contributed by atoms with Crippen LogP contribution in [-0.4, -0.2) is 76.9 Å². The van der Waals surface area contributed by atoms with Crippen LogP contribution in [0.1, 0.15) is 51.8 Å². The molecular formula is C30H36ClN11O2. The highest BCUT2D eigenvalue weighted by Crippen LogP contribution is 2.38. The second-order valence-electron chi connectivity index (χ2n) is 12.9. The molecule has 0 spiro atoms. The fraction of sp³-hybridized carbons (Fsp3) is 0.467. The van der Waals surface area contributed by atoms with Gasteiger partial charge in [0, 0.05) is 43.7 Å². The average molecular weight is 618 g/mol. The number of aromatic nitrogens is 8. The first-order valence-electron chi connectivity index (χ1n) is 14.8. The van der Waals surface area contributed by atoms with Gasteiger partial charge in [0.25, 0.3) is 0 Å². The van der Waals surface area contributed by atoms with Crippen molar-refractivity contribution in [1.29, 1.82) is 0 Å². The van der Waals surface area contributed by atoms with Crippen LogP contribution >= 0.6 is 11.6 Å². The molecule has 0 bridgehead atoms. The molecule has 7 rings (SSSR count). The zero-order valence-corrected chi connectivity index (χ0v) is 26.5. The number of anilines is 3. The number of carbonyl (C=O) groups is 1. The van der Waals surface area contributed by atoms with Crippen molar-refractivity contribution >= 4 is 51.8 Å². The highest BCUT2D eigenvalue weighted by Gasteiger charge is 2.33. The molecule has 0 aromatic carbocycles. The third kappa shape index (κ3) is 5.03. The van der Waals surface area contributed by atoms with E-state index >= 15 is 0 Å². The fourth-order valence-corrected chi connectivity index (χ4v) is 6.05. The second-order valence-corrected chi connectivity index (χ2v) is 13.3. The van der Waals surface area contributed by atoms with Gasteiger partial charge in [-0.05, 0) is 32.9 Å². The zero-order valence-electron chi connectivity index (χ0n) is 25.7. The third-order valence-corrected chi connectivity index (χ3v) is 8.80. The molecule has 230 valence electrons. The van der Waals surface area contributed by atoms with Gasteiger partial charge in [-0.15, -0.1) is 0 Å². The van der Waals surface area contributed by atoms with Crippen molar-refractivity contribution in [3.63, 3.8) is 0 Å². The van der Waals surface area contributed by atoms with Gasteiger partial charge >= 0.3 is 0 Å². The van der Waals surface area contributed by atoms with Crippen molar-refractivity contribution < 1.29 is 9.53 Å². The Bertz CT molecular complexity index is 1900. The SMILES string of the molecule is CN1CC[C@H](n2nc(Nc3nc4ncc(Oc5cnn6cc(N(C)C(=O)C7CC7)ncc56)c(Cl)c4n3C)cc2C(C)(C)C)C1. The third-order valence-electron chi connectivity index (χ3n) is 8.44. The van der Waals surface area contributed by atoms with E-state index in [-0.39, 0.29) is 17.2 Å². The maximum Gasteiger partial charge on any atom is 0.231 e. The van der Waals surface area contributed by atoms with Gasteiger partial charge in [-0.25, -0.2) is 14.5 Å². The van der Waals surface area contributed by atoms with E-state index in [1.165, 1.54) is 5.69 Å². The first-order valence-corrected chi connectivity index (χ1v) is 15.2. The van der Waals surface area contributed by atoms with Crippen LogP contribution in [-0.2, 0) is 17.3 Å². The van der Waals surface area contributed by atoms with Crippen LogP contribution in [0.5, 0.6) is 11.5 Å². The maximum absolute atomic E-state index is 12.5. The molecule has 1 N–H and O–H groups in total. The highest BCUT2D eigenvalue weighted by atomic mass is 35.5. The summed E-state index contributed by atoms with van der Waals surface area (Å²) >= 11 is 6.89. The number of likely N-dealkylation sites (tertiary alicyclic amines) is 1. The summed E-state index contributed by atoms with van der Waals surface area (Å²) in [5, 5.41) is 13.1. The second kappa shape index (κ2) is 10.4. The number of nitrogens with zero attached hydrogens (tertiary/aromatic N) is 10. The molecule has 1 amide bonds. The Morgan fingerprint density at radius 1 is 1.11 bits per heavy atom. The molecule has 1 atom stereocenters. The quantitative estimate of drug-likeness (QED) is 0.270. The molecule has 14 heteroatoms. The molecule has 0 radical (unpaired) electrons. The van der Waals surface area contributed by atoms with Gasteiger partial charge in [-0.2, -0.15) is 15.2 Å². The van der Waals surface area contributed by atoms with Crippen molar-refractivity contribution in [3.05, 3.63) is 41.6 Å². The van der Waals surface area contributed by atoms with Gasteiger partial charge in [-0.3, -0.25) is 14.4 Å². The number of carbonyl (C=O) groups excluding carboxylic acids is 1. The van der Waals surface area contributed by atoms with Gasteiger partial charge in [0.05, 0.1) is 30.8 Å². The van der Waals surface area contributed by atoms with Crippen LogP contribution < -0.4 is 15.0 Å². The van der Waals surface area contributed by atoms with E-state index in [0.29, 0.717) is 51.0 Å². The first kappa shape index (κ1) is 28.5. The number of hydrogen-bond acceptors (Lipinski definition) is 9. The van der Waals surface area contributed by atoms with Gasteiger partial charge in [0.2, 0.25) is 11.9 Å². The van der Waals surface area contributed by atoms with Crippen LogP contribution in [0.15, 0.2) is 30.9 Å². The summed E-state index contributed by atoms with van der Waals surface area (Å²) in [4.78, 5) is 30.1. The smallest absolute Gasteiger partial charge is 0.231 e. The molecular weight excluding hydrogens is 582 g/mol. The summed E-state index contributed by atoms with van der Waals surface area (Å²) in [5.74, 6) is 2.80. The lowest BCUT2D eigenvalue weighted by Gasteiger charge is -2.23. The number of halogens is 1. The van der Waals surface area contributed by atoms with Gasteiger partial charge in [0.15, 0.2) is 28.8 Å². The van der Waals surface area contributed by atoms with E-state index in [2.05, 4.69) is 63.9 Å². The zero-order chi connectivity index (χ0) is 30.9. The summed E-state index contributed by atoms with van der Waals surface area (Å²) in [5.41, 5.74) is 2.83. The number of nitrogens with one attached hydrogen (secondary N) is 1. The van der Waals surface area contributed by atoms with Crippen LogP contribution in [0.25, 0.3) is 16.7 Å². The number of fused-ring (bicyclic) bond motifs is 2. The normalized spacial score (nSPS) is 17.6. The van der Waals surface area contributed by atoms with Crippen LogP contribution in [0, 0.1) is 5.92 Å². The average Bonchev–Trinajstić information content (AvgIpc) is 3.25. The number of aryl methyl sites for hydroxylation is 1. The summed E-state index contributed by atoms with van der Waals surface area (Å²) in [6.07, 6.45) is 9.41. The molecule has 6 heterocycles. The number of hydrogen-bond donors (Lipinski definition) is 1. The Labute approximate surface area is 259 Å². The van der Waals surface area contributed by atoms with Gasteiger partial charge in [-0.1, -0.05) is 32.4 Å². The van der Waals surface area contributed by atoms with Crippen molar-refractivity contribution in [3.8, 4) is 11.5 Å². The largest absolute Gasteiger partial charge is 0.450 e. The Balaban J connectivity index is 1.15. The minimum Gasteiger partial charge on any atom is -0.450 e. The lowest BCUT2D eigenvalue weighted by atomic mass is 9.91. The monoisotopic (exact) mass is 617 g/mol. The predicted molar refractivity (Wildman–Crippen MR) is 168 cm³/mol. The Kier molecular flexibility index (Phi) is 6.77. The molecule has 0 unspecified atom stereocenters. The molecule has 2 fully saturated rings. The standard InChI is InChI=1S/C30H36ClN11O2/c1-30(2,3)22-11-23(37-42(22)18-9-10-38(4)15-18)35-29-36-27-26(40(29)6)25(31)21(13-33-27)44-20-14-34-41-16-24(32-12-19(20)41)39(5)28(43)17-7-8-17/h11-14,16-18H,7-10,15H2,1-6H3,(H,33,35,36,37)/t18-/m0/s1. The first-order chi connectivity index (χ1) is 21.0. The van der Waals surface area contributed by atoms with Crippen molar-refractivity contribution in [2.75, 3.05) is 37.4 Å². The molecule has 44 heavy (non-hydrogen) atoms. The van der Waals surface area contributed by atoms with E-state index < -0.39 is 0 Å². The molecule has 5 aromatic rings. The lowest BCUT2D eigenvalue weighted by molar-refractivity contribution is -0.119. The molecule has 2 aliphatic rings. The van der Waals surface area contributed by atoms with Crippen molar-refractivity contribution in [2.45, 2.75) is 51.5 Å². The number of rotatable bonds is 7. The molecule has 13 nitrogen and oxygen atoms in total. The number of ether oxygens (including phenoxy) is 1. The molecule has 1 saturated heterocycles. The van der Waals surface area contributed by atoms with Crippen molar-refractivity contribution in [1.82, 2.24) is 43.8 Å². The summed E-state index contributed by atoms with van der Waals surface area (Å²) in [6.45, 7) is 8.64. The summed E-state index contributed by atoms with van der Waals surface area (Å²) in [7, 11) is 5.76. The van der Waals surface area contributed by atoms with E-state index in [1.54, 1.807) is 41.3 Å². The van der Waals surface area contributed by atoms with E-state index in [1.807, 2.05) is 11.6 Å². The van der Waals surface area contributed by atoms with Gasteiger partial charge < -0.3 is 19.5 Å². The molecule has 5 aromatic heterocycles. The number of amides is 1. The summed E-state index contributed by atoms with van der Waals surface area (Å²) < 4.78 is 11.8. The van der Waals surface area contributed by atoms with Crippen molar-refractivity contribution in [2.24, 2.45) is 13.0 Å². The Hall–Kier alpha value is -4.23. The number of imidazole rings is 1. The number of pyridine rings is 1. The van der Waals surface area contributed by atoms with E-state index in [4.69, 9.17) is 26.4 Å². The molecule has 1 aliphatic carbocycles. The number of likely N-dealkylation sites (N-methyl/N-ethyl adjacent to an activating group) is 1. The lowest BCUT2D eigenvalue weighted by Crippen LogP contribution is -2.28. The van der Waals surface area contributed by atoms with Gasteiger partial charge in [0.1, 0.15) is 16.1 Å². The van der Waals surface area contributed by atoms with E-state index in [0.717, 1.165) is 38.2 Å². The minimum absolute atomic E-state index is 0.0707. The van der Waals surface area contributed by atoms with E-state index in [9.17, 15) is 4.79 Å². The molecule has 1 aliphatic heterocycles. The Morgan fingerprint density at radius 3 is 2.61 bits per heavy atom. The summed E-state index contributed by atoms with van der Waals surface area (Å²) in [6, 6.07) is 2.43. The topological polar surface area (TPSA) is 124 Å². The van der Waals surface area contributed by atoms with Crippen LogP contribution in [0.2, 0.25) is 5.02 Å². The van der Waals surface area contributed by atoms with Crippen LogP contribution in [0.3, 0.4) is 0 Å². The maximum atomic E-state index is 12.5. The Morgan fingerprint density at radius 2 is 1.91 bits per heavy atom. The predicted octanol–water partition coefficient (Wildman–Crippen LogP) is 4.94. The fourth-order valence-electron chi connectivity index (χ4n) is 5.75. The highest BCUT2D eigenvalue weighted by molar-refractivity contribution is 6.36. The minimum atomic E-state index is -0.0727. The molecule has 1 saturated carbocycles. The van der Waals surface area contributed by atoms with Crippen LogP contribution in [0.4, 0.5) is 17.6 Å².